The zero-order valence-electron chi connectivity index (χ0n) is 15.2. The molecular weight excluding hydrogens is 326 g/mol. The Hall–Kier alpha value is -1.67. The van der Waals surface area contributed by atoms with Crippen LogP contribution in [0.5, 0.6) is 0 Å². The van der Waals surface area contributed by atoms with E-state index in [1.54, 1.807) is 19.1 Å². The Kier molecular flexibility index (Phi) is 7.19. The van der Waals surface area contributed by atoms with Gasteiger partial charge in [0, 0.05) is 27.3 Å². The lowest BCUT2D eigenvalue weighted by Crippen LogP contribution is -2.48. The summed E-state index contributed by atoms with van der Waals surface area (Å²) in [6.07, 6.45) is 5.29. The van der Waals surface area contributed by atoms with E-state index >= 15 is 0 Å². The monoisotopic (exact) mass is 355 g/mol. The van der Waals surface area contributed by atoms with Crippen molar-refractivity contribution >= 4 is 17.8 Å². The summed E-state index contributed by atoms with van der Waals surface area (Å²) in [4.78, 5) is 40.4. The molecule has 1 heterocycles. The number of nitrogens with one attached hydrogen (secondary N) is 1. The maximum atomic E-state index is 12.9. The Morgan fingerprint density at radius 2 is 1.64 bits per heavy atom. The quantitative estimate of drug-likeness (QED) is 0.649. The highest BCUT2D eigenvalue weighted by molar-refractivity contribution is 6.09. The lowest BCUT2D eigenvalue weighted by molar-refractivity contribution is -0.139. The zero-order valence-corrected chi connectivity index (χ0v) is 15.2. The molecule has 0 radical (unpaired) electrons. The van der Waals surface area contributed by atoms with Gasteiger partial charge in [0.1, 0.15) is 12.1 Å². The third-order valence-corrected chi connectivity index (χ3v) is 4.98. The summed E-state index contributed by atoms with van der Waals surface area (Å²) in [7, 11) is 3.12. The van der Waals surface area contributed by atoms with Crippen molar-refractivity contribution in [3.8, 4) is 0 Å². The smallest absolute Gasteiger partial charge is 0.325 e. The van der Waals surface area contributed by atoms with E-state index in [1.807, 2.05) is 0 Å². The Morgan fingerprint density at radius 3 is 2.16 bits per heavy atom. The number of ether oxygens (including phenoxy) is 2. The molecule has 1 saturated carbocycles. The molecule has 1 aliphatic carbocycles. The van der Waals surface area contributed by atoms with E-state index in [2.05, 4.69) is 5.32 Å². The highest BCUT2D eigenvalue weighted by Crippen LogP contribution is 2.32. The van der Waals surface area contributed by atoms with Crippen molar-refractivity contribution in [3.63, 3.8) is 0 Å². The van der Waals surface area contributed by atoms with E-state index in [1.165, 1.54) is 0 Å². The van der Waals surface area contributed by atoms with E-state index in [4.69, 9.17) is 9.47 Å². The van der Waals surface area contributed by atoms with E-state index in [0.717, 1.165) is 30.6 Å². The van der Waals surface area contributed by atoms with Gasteiger partial charge in [0.2, 0.25) is 5.91 Å². The van der Waals surface area contributed by atoms with Gasteiger partial charge in [0.05, 0.1) is 13.2 Å². The van der Waals surface area contributed by atoms with Gasteiger partial charge in [-0.25, -0.2) is 4.79 Å². The van der Waals surface area contributed by atoms with Gasteiger partial charge in [-0.3, -0.25) is 14.5 Å². The molecule has 0 atom stereocenters. The van der Waals surface area contributed by atoms with Crippen LogP contribution in [0, 0.1) is 0 Å². The Morgan fingerprint density at radius 1 is 1.08 bits per heavy atom. The number of hydrogen-bond donors (Lipinski definition) is 1. The number of rotatable bonds is 8. The van der Waals surface area contributed by atoms with Gasteiger partial charge in [0.25, 0.3) is 5.91 Å². The van der Waals surface area contributed by atoms with E-state index in [9.17, 15) is 14.4 Å². The number of methoxy groups -OCH3 is 2. The molecule has 2 rings (SSSR count). The highest BCUT2D eigenvalue weighted by Gasteiger charge is 2.51. The molecule has 2 fully saturated rings. The maximum Gasteiger partial charge on any atom is 0.325 e. The second-order valence-electron chi connectivity index (χ2n) is 6.68. The molecule has 25 heavy (non-hydrogen) atoms. The van der Waals surface area contributed by atoms with Crippen molar-refractivity contribution in [1.29, 1.82) is 0 Å². The Labute approximate surface area is 148 Å². The number of carbonyl (C=O) groups is 3. The molecular formula is C17H29N3O5. The number of urea groups is 1. The van der Waals surface area contributed by atoms with Crippen molar-refractivity contribution in [3.05, 3.63) is 0 Å². The van der Waals surface area contributed by atoms with Gasteiger partial charge in [0.15, 0.2) is 0 Å². The molecule has 4 amide bonds. The van der Waals surface area contributed by atoms with Crippen LogP contribution in [0.25, 0.3) is 0 Å². The fraction of sp³-hybridized carbons (Fsp3) is 0.824. The zero-order chi connectivity index (χ0) is 18.3. The second kappa shape index (κ2) is 9.15. The van der Waals surface area contributed by atoms with Crippen molar-refractivity contribution in [2.24, 2.45) is 0 Å². The first-order chi connectivity index (χ1) is 12.0. The SMILES string of the molecule is COCCN(CCOC)C(=O)CN1C(=O)NC2(CCCCCC2)C1=O. The van der Waals surface area contributed by atoms with Crippen LogP contribution in [0.1, 0.15) is 38.5 Å². The molecule has 1 saturated heterocycles. The first-order valence-electron chi connectivity index (χ1n) is 8.94. The number of nitrogens with zero attached hydrogens (tertiary/aromatic N) is 2. The molecule has 2 aliphatic rings. The molecule has 1 aliphatic heterocycles. The average molecular weight is 355 g/mol. The van der Waals surface area contributed by atoms with Crippen LogP contribution < -0.4 is 5.32 Å². The molecule has 0 aromatic carbocycles. The minimum absolute atomic E-state index is 0.236. The summed E-state index contributed by atoms with van der Waals surface area (Å²) >= 11 is 0. The van der Waals surface area contributed by atoms with Gasteiger partial charge >= 0.3 is 6.03 Å². The van der Waals surface area contributed by atoms with Crippen LogP contribution >= 0.6 is 0 Å². The van der Waals surface area contributed by atoms with Gasteiger partial charge in [-0.05, 0) is 12.8 Å². The number of imide groups is 1. The lowest BCUT2D eigenvalue weighted by atomic mass is 9.90. The molecule has 0 aromatic rings. The number of carbonyl (C=O) groups excluding carboxylic acids is 3. The molecule has 1 spiro atoms. The standard InChI is InChI=1S/C17H29N3O5/c1-24-11-9-19(10-12-25-2)14(21)13-20-15(22)17(18-16(20)23)7-5-3-4-6-8-17/h3-13H2,1-2H3,(H,18,23). The predicted molar refractivity (Wildman–Crippen MR) is 91.0 cm³/mol. The van der Waals surface area contributed by atoms with Gasteiger partial charge in [-0.1, -0.05) is 25.7 Å². The first-order valence-corrected chi connectivity index (χ1v) is 8.94. The molecule has 142 valence electrons. The van der Waals surface area contributed by atoms with Crippen LogP contribution in [0.15, 0.2) is 0 Å². The molecule has 8 heteroatoms. The minimum Gasteiger partial charge on any atom is -0.383 e. The third kappa shape index (κ3) is 4.70. The Balaban J connectivity index is 2.02. The average Bonchev–Trinajstić information content (AvgIpc) is 2.77. The second-order valence-corrected chi connectivity index (χ2v) is 6.68. The normalized spacial score (nSPS) is 19.8. The minimum atomic E-state index is -0.808. The molecule has 0 unspecified atom stereocenters. The van der Waals surface area contributed by atoms with Crippen LogP contribution in [0.3, 0.4) is 0 Å². The van der Waals surface area contributed by atoms with Crippen LogP contribution in [-0.2, 0) is 19.1 Å². The summed E-state index contributed by atoms with van der Waals surface area (Å²) < 4.78 is 10.0. The third-order valence-electron chi connectivity index (χ3n) is 4.98. The summed E-state index contributed by atoms with van der Waals surface area (Å²) in [6, 6.07) is -0.460. The van der Waals surface area contributed by atoms with Crippen molar-refractivity contribution < 1.29 is 23.9 Å². The maximum absolute atomic E-state index is 12.9. The fourth-order valence-electron chi connectivity index (χ4n) is 3.49. The molecule has 1 N–H and O–H groups in total. The lowest BCUT2D eigenvalue weighted by Gasteiger charge is -2.26. The van der Waals surface area contributed by atoms with Crippen LogP contribution in [-0.4, -0.2) is 80.3 Å². The largest absolute Gasteiger partial charge is 0.383 e. The van der Waals surface area contributed by atoms with Gasteiger partial charge in [-0.2, -0.15) is 0 Å². The molecule has 0 aromatic heterocycles. The van der Waals surface area contributed by atoms with E-state index < -0.39 is 11.6 Å². The van der Waals surface area contributed by atoms with Crippen LogP contribution in [0.4, 0.5) is 4.79 Å². The van der Waals surface area contributed by atoms with Crippen molar-refractivity contribution in [1.82, 2.24) is 15.1 Å². The van der Waals surface area contributed by atoms with Crippen molar-refractivity contribution in [2.75, 3.05) is 47.1 Å². The van der Waals surface area contributed by atoms with Gasteiger partial charge in [-0.15, -0.1) is 0 Å². The van der Waals surface area contributed by atoms with E-state index in [0.29, 0.717) is 39.1 Å². The highest BCUT2D eigenvalue weighted by atomic mass is 16.5. The molecule has 0 bridgehead atoms. The van der Waals surface area contributed by atoms with Gasteiger partial charge < -0.3 is 19.7 Å². The Bertz CT molecular complexity index is 481. The summed E-state index contributed by atoms with van der Waals surface area (Å²) in [5.74, 6) is -0.533. The summed E-state index contributed by atoms with van der Waals surface area (Å²) in [5, 5.41) is 2.86. The number of amides is 4. The topological polar surface area (TPSA) is 88.2 Å². The van der Waals surface area contributed by atoms with Crippen molar-refractivity contribution in [2.45, 2.75) is 44.1 Å². The fourth-order valence-corrected chi connectivity index (χ4v) is 3.49. The van der Waals surface area contributed by atoms with E-state index in [-0.39, 0.29) is 18.4 Å². The summed E-state index contributed by atoms with van der Waals surface area (Å²) in [6.45, 7) is 1.33. The molecule has 8 nitrogen and oxygen atoms in total. The summed E-state index contributed by atoms with van der Waals surface area (Å²) in [5.41, 5.74) is -0.808. The predicted octanol–water partition coefficient (Wildman–Crippen LogP) is 0.753. The van der Waals surface area contributed by atoms with Crippen LogP contribution in [0.2, 0.25) is 0 Å². The number of hydrogen-bond acceptors (Lipinski definition) is 5. The first kappa shape index (κ1) is 19.7.